The highest BCUT2D eigenvalue weighted by Crippen LogP contribution is 2.48. The largest absolute Gasteiger partial charge is 0.480 e. The Labute approximate surface area is 192 Å². The van der Waals surface area contributed by atoms with Crippen molar-refractivity contribution in [2.24, 2.45) is 10.4 Å². The normalized spacial score (nSPS) is 18.5. The van der Waals surface area contributed by atoms with Gasteiger partial charge in [-0.3, -0.25) is 4.99 Å². The molecule has 1 aliphatic heterocycles. The summed E-state index contributed by atoms with van der Waals surface area (Å²) in [7, 11) is 5.24. The summed E-state index contributed by atoms with van der Waals surface area (Å²) >= 11 is 3.40. The zero-order valence-electron chi connectivity index (χ0n) is 16.8. The number of guanidine groups is 1. The zero-order chi connectivity index (χ0) is 19.3. The van der Waals surface area contributed by atoms with E-state index in [1.807, 2.05) is 7.05 Å². The minimum absolute atomic E-state index is 0. The van der Waals surface area contributed by atoms with E-state index >= 15 is 0 Å². The van der Waals surface area contributed by atoms with Gasteiger partial charge in [-0.1, -0.05) is 0 Å². The summed E-state index contributed by atoms with van der Waals surface area (Å²) in [6.07, 6.45) is 5.40. The average Bonchev–Trinajstić information content (AvgIpc) is 3.48. The number of hydrogen-bond acceptors (Lipinski definition) is 6. The average molecular weight is 569 g/mol. The van der Waals surface area contributed by atoms with Crippen molar-refractivity contribution >= 4 is 51.8 Å². The highest BCUT2D eigenvalue weighted by Gasteiger charge is 2.42. The van der Waals surface area contributed by atoms with E-state index in [4.69, 9.17) is 9.47 Å². The molecule has 2 aliphatic rings. The number of aromatic nitrogens is 2. The maximum absolute atomic E-state index is 5.28. The SMILES string of the molecule is CN=C(NCC1(CCOC)CC1)N1CCN(c2ncc(Br)c(OC)n2)CC1.I. The number of methoxy groups -OCH3 is 2. The van der Waals surface area contributed by atoms with Crippen molar-refractivity contribution in [1.82, 2.24) is 20.2 Å². The summed E-state index contributed by atoms with van der Waals surface area (Å²) in [5.74, 6) is 2.24. The third-order valence-corrected chi connectivity index (χ3v) is 5.93. The fraction of sp³-hybridized carbons (Fsp3) is 0.722. The Kier molecular flexibility index (Phi) is 9.00. The molecular formula is C18H30BrIN6O2. The lowest BCUT2D eigenvalue weighted by molar-refractivity contribution is 0.172. The fourth-order valence-corrected chi connectivity index (χ4v) is 3.72. The molecule has 0 bridgehead atoms. The number of ether oxygens (including phenoxy) is 2. The Hall–Kier alpha value is -0.880. The smallest absolute Gasteiger partial charge is 0.232 e. The lowest BCUT2D eigenvalue weighted by Crippen LogP contribution is -2.53. The number of rotatable bonds is 7. The van der Waals surface area contributed by atoms with Gasteiger partial charge in [0.1, 0.15) is 0 Å². The van der Waals surface area contributed by atoms with E-state index in [2.05, 4.69) is 46.0 Å². The summed E-state index contributed by atoms with van der Waals surface area (Å²) in [5.41, 5.74) is 0.398. The van der Waals surface area contributed by atoms with E-state index < -0.39 is 0 Å². The molecule has 0 unspecified atom stereocenters. The molecule has 8 nitrogen and oxygen atoms in total. The summed E-state index contributed by atoms with van der Waals surface area (Å²) in [4.78, 5) is 17.9. The molecule has 0 spiro atoms. The van der Waals surface area contributed by atoms with E-state index in [-0.39, 0.29) is 24.0 Å². The van der Waals surface area contributed by atoms with Crippen LogP contribution in [0.4, 0.5) is 5.95 Å². The van der Waals surface area contributed by atoms with Crippen LogP contribution in [0.15, 0.2) is 15.7 Å². The molecule has 1 aromatic heterocycles. The van der Waals surface area contributed by atoms with E-state index in [1.54, 1.807) is 20.4 Å². The minimum Gasteiger partial charge on any atom is -0.480 e. The lowest BCUT2D eigenvalue weighted by Gasteiger charge is -2.37. The molecule has 1 N–H and O–H groups in total. The number of nitrogens with zero attached hydrogens (tertiary/aromatic N) is 5. The molecule has 158 valence electrons. The second-order valence-electron chi connectivity index (χ2n) is 7.14. The first-order chi connectivity index (χ1) is 13.1. The standard InChI is InChI=1S/C18H29BrN6O2.HI/c1-20-16(22-13-18(4-5-18)6-11-26-2)24-7-9-25(10-8-24)17-21-12-14(19)15(23-17)27-3;/h12H,4-11,13H2,1-3H3,(H,20,22);1H. The highest BCUT2D eigenvalue weighted by molar-refractivity contribution is 14.0. The van der Waals surface area contributed by atoms with Crippen molar-refractivity contribution in [2.75, 3.05) is 65.5 Å². The number of hydrogen-bond donors (Lipinski definition) is 1. The molecule has 2 heterocycles. The van der Waals surface area contributed by atoms with Gasteiger partial charge in [0, 0.05) is 53.5 Å². The van der Waals surface area contributed by atoms with Gasteiger partial charge in [0.05, 0.1) is 17.8 Å². The summed E-state index contributed by atoms with van der Waals surface area (Å²) < 4.78 is 11.3. The molecule has 1 aliphatic carbocycles. The number of nitrogens with one attached hydrogen (secondary N) is 1. The predicted molar refractivity (Wildman–Crippen MR) is 125 cm³/mol. The van der Waals surface area contributed by atoms with Gasteiger partial charge >= 0.3 is 0 Å². The highest BCUT2D eigenvalue weighted by atomic mass is 127. The number of halogens is 2. The van der Waals surface area contributed by atoms with Crippen LogP contribution in [0.3, 0.4) is 0 Å². The van der Waals surface area contributed by atoms with E-state index in [9.17, 15) is 0 Å². The van der Waals surface area contributed by atoms with E-state index in [1.165, 1.54) is 12.8 Å². The van der Waals surface area contributed by atoms with Crippen molar-refractivity contribution in [3.63, 3.8) is 0 Å². The maximum atomic E-state index is 5.28. The molecule has 28 heavy (non-hydrogen) atoms. The van der Waals surface area contributed by atoms with Gasteiger partial charge in [0.15, 0.2) is 5.96 Å². The predicted octanol–water partition coefficient (Wildman–Crippen LogP) is 2.38. The quantitative estimate of drug-likeness (QED) is 0.307. The Morgan fingerprint density at radius 3 is 2.57 bits per heavy atom. The first kappa shape index (κ1) is 23.4. The van der Waals surface area contributed by atoms with Crippen molar-refractivity contribution in [3.05, 3.63) is 10.7 Å². The van der Waals surface area contributed by atoms with Crippen LogP contribution in [-0.4, -0.2) is 81.4 Å². The first-order valence-electron chi connectivity index (χ1n) is 9.37. The molecule has 10 heteroatoms. The number of aliphatic imine (C=N–C) groups is 1. The van der Waals surface area contributed by atoms with Gasteiger partial charge in [0.25, 0.3) is 0 Å². The van der Waals surface area contributed by atoms with Gasteiger partial charge < -0.3 is 24.6 Å². The Bertz CT molecular complexity index is 665. The third kappa shape index (κ3) is 5.82. The van der Waals surface area contributed by atoms with E-state index in [0.717, 1.165) is 56.2 Å². The van der Waals surface area contributed by atoms with E-state index in [0.29, 0.717) is 17.2 Å². The number of anilines is 1. The van der Waals surface area contributed by atoms with Crippen LogP contribution in [0.25, 0.3) is 0 Å². The van der Waals surface area contributed by atoms with Gasteiger partial charge in [-0.25, -0.2) is 4.98 Å². The Balaban J connectivity index is 0.00000280. The van der Waals surface area contributed by atoms with Gasteiger partial charge in [-0.05, 0) is 40.6 Å². The zero-order valence-corrected chi connectivity index (χ0v) is 20.7. The molecule has 1 saturated heterocycles. The Morgan fingerprint density at radius 1 is 1.29 bits per heavy atom. The molecular weight excluding hydrogens is 539 g/mol. The van der Waals surface area contributed by atoms with Crippen LogP contribution in [0.5, 0.6) is 5.88 Å². The van der Waals surface area contributed by atoms with Crippen LogP contribution in [0, 0.1) is 5.41 Å². The van der Waals surface area contributed by atoms with Crippen molar-refractivity contribution in [1.29, 1.82) is 0 Å². The second kappa shape index (κ2) is 10.8. The monoisotopic (exact) mass is 568 g/mol. The summed E-state index contributed by atoms with van der Waals surface area (Å²) in [6, 6.07) is 0. The van der Waals surface area contributed by atoms with Gasteiger partial charge in [-0.2, -0.15) is 4.98 Å². The molecule has 1 aromatic rings. The van der Waals surface area contributed by atoms with Crippen molar-refractivity contribution < 1.29 is 9.47 Å². The van der Waals surface area contributed by atoms with Gasteiger partial charge in [0.2, 0.25) is 11.8 Å². The topological polar surface area (TPSA) is 75.1 Å². The molecule has 0 amide bonds. The van der Waals surface area contributed by atoms with Crippen LogP contribution in [-0.2, 0) is 4.74 Å². The third-order valence-electron chi connectivity index (χ3n) is 5.38. The summed E-state index contributed by atoms with van der Waals surface area (Å²) in [5, 5.41) is 3.58. The molecule has 0 atom stereocenters. The lowest BCUT2D eigenvalue weighted by atomic mass is 10.0. The molecule has 0 aromatic carbocycles. The minimum atomic E-state index is 0. The second-order valence-corrected chi connectivity index (χ2v) is 8.00. The van der Waals surface area contributed by atoms with Gasteiger partial charge in [-0.15, -0.1) is 24.0 Å². The molecule has 2 fully saturated rings. The first-order valence-corrected chi connectivity index (χ1v) is 10.2. The molecule has 1 saturated carbocycles. The van der Waals surface area contributed by atoms with Crippen molar-refractivity contribution in [3.8, 4) is 5.88 Å². The fourth-order valence-electron chi connectivity index (χ4n) is 3.37. The van der Waals surface area contributed by atoms with Crippen LogP contribution < -0.4 is 15.0 Å². The molecule has 0 radical (unpaired) electrons. The number of piperazine rings is 1. The van der Waals surface area contributed by atoms with Crippen LogP contribution in [0.2, 0.25) is 0 Å². The maximum Gasteiger partial charge on any atom is 0.232 e. The van der Waals surface area contributed by atoms with Crippen LogP contribution >= 0.6 is 39.9 Å². The summed E-state index contributed by atoms with van der Waals surface area (Å²) in [6.45, 7) is 5.26. The Morgan fingerprint density at radius 2 is 2.00 bits per heavy atom. The van der Waals surface area contributed by atoms with Crippen molar-refractivity contribution in [2.45, 2.75) is 19.3 Å². The molecule has 3 rings (SSSR count). The van der Waals surface area contributed by atoms with Crippen LogP contribution in [0.1, 0.15) is 19.3 Å².